The Labute approximate surface area is 159 Å². The van der Waals surface area contributed by atoms with Gasteiger partial charge in [0.1, 0.15) is 18.4 Å². The Hall–Kier alpha value is -3.15. The van der Waals surface area contributed by atoms with Crippen LogP contribution >= 0.6 is 0 Å². The number of aryl methyl sites for hydroxylation is 1. The lowest BCUT2D eigenvalue weighted by Gasteiger charge is -2.15. The highest BCUT2D eigenvalue weighted by Gasteiger charge is 2.11. The summed E-state index contributed by atoms with van der Waals surface area (Å²) in [4.78, 5) is 16.1. The van der Waals surface area contributed by atoms with Crippen molar-refractivity contribution in [1.29, 1.82) is 0 Å². The predicted molar refractivity (Wildman–Crippen MR) is 104 cm³/mol. The van der Waals surface area contributed by atoms with Gasteiger partial charge in [0.25, 0.3) is 0 Å². The number of rotatable bonds is 7. The second-order valence-corrected chi connectivity index (χ2v) is 6.52. The molecular weight excluding hydrogens is 340 g/mol. The average molecular weight is 364 g/mol. The summed E-state index contributed by atoms with van der Waals surface area (Å²) in [5, 5.41) is 7.11. The van der Waals surface area contributed by atoms with E-state index in [0.717, 1.165) is 22.6 Å². The molecule has 3 aromatic rings. The molecule has 1 atom stereocenters. The molecule has 1 N–H and O–H groups in total. The third-order valence-electron chi connectivity index (χ3n) is 4.60. The van der Waals surface area contributed by atoms with Crippen molar-refractivity contribution in [2.75, 3.05) is 6.61 Å². The number of amides is 1. The lowest BCUT2D eigenvalue weighted by molar-refractivity contribution is -0.122. The topological polar surface area (TPSA) is 69.0 Å². The molecule has 0 aliphatic rings. The van der Waals surface area contributed by atoms with Crippen molar-refractivity contribution in [1.82, 2.24) is 20.1 Å². The van der Waals surface area contributed by atoms with Crippen LogP contribution in [0.1, 0.15) is 36.1 Å². The zero-order chi connectivity index (χ0) is 19.2. The van der Waals surface area contributed by atoms with Crippen molar-refractivity contribution in [3.63, 3.8) is 0 Å². The molecule has 2 aromatic carbocycles. The maximum atomic E-state index is 12.2. The van der Waals surface area contributed by atoms with Crippen LogP contribution in [0.4, 0.5) is 0 Å². The van der Waals surface area contributed by atoms with E-state index < -0.39 is 0 Å². The molecule has 3 rings (SSSR count). The lowest BCUT2D eigenvalue weighted by atomic mass is 10.1. The summed E-state index contributed by atoms with van der Waals surface area (Å²) in [7, 11) is 0. The zero-order valence-corrected chi connectivity index (χ0v) is 15.8. The first kappa shape index (κ1) is 18.6. The largest absolute Gasteiger partial charge is 0.493 e. The van der Waals surface area contributed by atoms with E-state index in [1.807, 2.05) is 63.2 Å². The quantitative estimate of drug-likeness (QED) is 0.696. The number of hydrogen-bond acceptors (Lipinski definition) is 4. The molecule has 0 saturated heterocycles. The van der Waals surface area contributed by atoms with E-state index in [0.29, 0.717) is 13.0 Å². The van der Waals surface area contributed by atoms with Gasteiger partial charge in [0.15, 0.2) is 0 Å². The van der Waals surface area contributed by atoms with Gasteiger partial charge < -0.3 is 10.1 Å². The molecule has 0 saturated carbocycles. The summed E-state index contributed by atoms with van der Waals surface area (Å²) >= 11 is 0. The van der Waals surface area contributed by atoms with Crippen LogP contribution < -0.4 is 10.1 Å². The van der Waals surface area contributed by atoms with Crippen molar-refractivity contribution < 1.29 is 9.53 Å². The van der Waals surface area contributed by atoms with E-state index in [1.165, 1.54) is 11.9 Å². The summed E-state index contributed by atoms with van der Waals surface area (Å²) in [5.74, 6) is 0.799. The number of carbonyl (C=O) groups is 1. The van der Waals surface area contributed by atoms with Crippen LogP contribution in [0.5, 0.6) is 5.75 Å². The van der Waals surface area contributed by atoms with E-state index in [1.54, 1.807) is 11.0 Å². The highest BCUT2D eigenvalue weighted by molar-refractivity contribution is 5.76. The van der Waals surface area contributed by atoms with Gasteiger partial charge in [-0.15, -0.1) is 0 Å². The van der Waals surface area contributed by atoms with Crippen molar-refractivity contribution in [2.45, 2.75) is 33.2 Å². The molecule has 1 amide bonds. The van der Waals surface area contributed by atoms with Crippen LogP contribution in [0.25, 0.3) is 5.69 Å². The summed E-state index contributed by atoms with van der Waals surface area (Å²) < 4.78 is 7.45. The van der Waals surface area contributed by atoms with Crippen LogP contribution in [0.15, 0.2) is 55.1 Å². The molecule has 0 bridgehead atoms. The zero-order valence-electron chi connectivity index (χ0n) is 15.8. The first-order valence-electron chi connectivity index (χ1n) is 8.98. The fraction of sp³-hybridized carbons (Fsp3) is 0.286. The number of ether oxygens (including phenoxy) is 1. The number of nitrogens with zero attached hydrogens (tertiary/aromatic N) is 3. The van der Waals surface area contributed by atoms with Gasteiger partial charge in [-0.1, -0.05) is 24.3 Å². The normalized spacial score (nSPS) is 11.8. The molecule has 0 aliphatic heterocycles. The SMILES string of the molecule is Cc1cccc(OCCC(=O)NC(C)c2ccc(-n3cncn3)cc2)c1C. The van der Waals surface area contributed by atoms with Crippen LogP contribution in [-0.4, -0.2) is 27.3 Å². The minimum absolute atomic E-state index is 0.0341. The maximum Gasteiger partial charge on any atom is 0.223 e. The number of carbonyl (C=O) groups excluding carboxylic acids is 1. The van der Waals surface area contributed by atoms with Crippen molar-refractivity contribution in [2.24, 2.45) is 0 Å². The molecule has 0 radical (unpaired) electrons. The van der Waals surface area contributed by atoms with E-state index in [-0.39, 0.29) is 11.9 Å². The van der Waals surface area contributed by atoms with E-state index in [2.05, 4.69) is 15.4 Å². The third kappa shape index (κ3) is 4.73. The molecule has 1 aromatic heterocycles. The van der Waals surface area contributed by atoms with Crippen molar-refractivity contribution in [3.8, 4) is 11.4 Å². The first-order chi connectivity index (χ1) is 13.0. The fourth-order valence-electron chi connectivity index (χ4n) is 2.79. The van der Waals surface area contributed by atoms with E-state index in [9.17, 15) is 4.79 Å². The van der Waals surface area contributed by atoms with Gasteiger partial charge in [-0.2, -0.15) is 5.10 Å². The summed E-state index contributed by atoms with van der Waals surface area (Å²) in [6.45, 7) is 6.39. The molecule has 140 valence electrons. The standard InChI is InChI=1S/C21H24N4O2/c1-15-5-4-6-20(16(15)2)27-12-11-21(26)24-17(3)18-7-9-19(10-8-18)25-14-22-13-23-25/h4-10,13-14,17H,11-12H2,1-3H3,(H,24,26). The number of benzene rings is 2. The Morgan fingerprint density at radius 3 is 2.67 bits per heavy atom. The smallest absolute Gasteiger partial charge is 0.223 e. The molecule has 0 fully saturated rings. The first-order valence-corrected chi connectivity index (χ1v) is 8.98. The Kier molecular flexibility index (Phi) is 5.86. The Morgan fingerprint density at radius 2 is 1.96 bits per heavy atom. The third-order valence-corrected chi connectivity index (χ3v) is 4.60. The van der Waals surface area contributed by atoms with Gasteiger partial charge in [0, 0.05) is 0 Å². The predicted octanol–water partition coefficient (Wildman–Crippen LogP) is 3.53. The highest BCUT2D eigenvalue weighted by Crippen LogP contribution is 2.20. The number of hydrogen-bond donors (Lipinski definition) is 1. The van der Waals surface area contributed by atoms with Gasteiger partial charge in [0.2, 0.25) is 5.91 Å². The van der Waals surface area contributed by atoms with Crippen LogP contribution in [0.2, 0.25) is 0 Å². The Balaban J connectivity index is 1.49. The highest BCUT2D eigenvalue weighted by atomic mass is 16.5. The van der Waals surface area contributed by atoms with Gasteiger partial charge in [0.05, 0.1) is 24.8 Å². The van der Waals surface area contributed by atoms with Crippen LogP contribution in [-0.2, 0) is 4.79 Å². The van der Waals surface area contributed by atoms with Gasteiger partial charge in [-0.25, -0.2) is 9.67 Å². The molecule has 0 spiro atoms. The monoisotopic (exact) mass is 364 g/mol. The molecular formula is C21H24N4O2. The Bertz CT molecular complexity index is 889. The fourth-order valence-corrected chi connectivity index (χ4v) is 2.79. The van der Waals surface area contributed by atoms with E-state index in [4.69, 9.17) is 4.74 Å². The Morgan fingerprint density at radius 1 is 1.19 bits per heavy atom. The summed E-state index contributed by atoms with van der Waals surface area (Å²) in [6.07, 6.45) is 3.46. The summed E-state index contributed by atoms with van der Waals surface area (Å²) in [6, 6.07) is 13.7. The van der Waals surface area contributed by atoms with Gasteiger partial charge in [-0.05, 0) is 55.7 Å². The number of nitrogens with one attached hydrogen (secondary N) is 1. The molecule has 1 heterocycles. The summed E-state index contributed by atoms with van der Waals surface area (Å²) in [5.41, 5.74) is 4.25. The molecule has 27 heavy (non-hydrogen) atoms. The van der Waals surface area contributed by atoms with Gasteiger partial charge in [-0.3, -0.25) is 4.79 Å². The molecule has 1 unspecified atom stereocenters. The minimum Gasteiger partial charge on any atom is -0.493 e. The second kappa shape index (κ2) is 8.49. The lowest BCUT2D eigenvalue weighted by Crippen LogP contribution is -2.27. The van der Waals surface area contributed by atoms with E-state index >= 15 is 0 Å². The van der Waals surface area contributed by atoms with Crippen LogP contribution in [0.3, 0.4) is 0 Å². The average Bonchev–Trinajstić information content (AvgIpc) is 3.20. The van der Waals surface area contributed by atoms with Crippen molar-refractivity contribution >= 4 is 5.91 Å². The molecule has 6 nitrogen and oxygen atoms in total. The second-order valence-electron chi connectivity index (χ2n) is 6.52. The number of aromatic nitrogens is 3. The van der Waals surface area contributed by atoms with Gasteiger partial charge >= 0.3 is 0 Å². The molecule has 0 aliphatic carbocycles. The minimum atomic E-state index is -0.0806. The van der Waals surface area contributed by atoms with Crippen LogP contribution in [0, 0.1) is 13.8 Å². The van der Waals surface area contributed by atoms with Crippen molar-refractivity contribution in [3.05, 3.63) is 71.8 Å². The molecule has 6 heteroatoms. The maximum absolute atomic E-state index is 12.2.